The number of benzene rings is 9. The Morgan fingerprint density at radius 2 is 1.15 bits per heavy atom. The average molecular weight is 755 g/mol. The molecule has 0 fully saturated rings. The minimum absolute atomic E-state index is 0.422. The van der Waals surface area contributed by atoms with Crippen LogP contribution in [0.25, 0.3) is 76.9 Å². The van der Waals surface area contributed by atoms with Crippen molar-refractivity contribution < 1.29 is 0 Å². The van der Waals surface area contributed by atoms with Crippen molar-refractivity contribution in [3.63, 3.8) is 0 Å². The second-order valence-electron chi connectivity index (χ2n) is 16.0. The van der Waals surface area contributed by atoms with E-state index >= 15 is 0 Å². The van der Waals surface area contributed by atoms with Crippen LogP contribution >= 0.6 is 0 Å². The summed E-state index contributed by atoms with van der Waals surface area (Å²) in [5, 5.41) is 7.57. The molecule has 1 atom stereocenters. The van der Waals surface area contributed by atoms with Crippen LogP contribution in [0.15, 0.2) is 224 Å². The molecule has 11 rings (SSSR count). The highest BCUT2D eigenvalue weighted by molar-refractivity contribution is 6.15. The molecule has 10 aromatic rings. The fraction of sp³-hybridized carbons (Fsp3) is 0.0526. The lowest BCUT2D eigenvalue weighted by Gasteiger charge is -2.44. The predicted molar refractivity (Wildman–Crippen MR) is 252 cm³/mol. The summed E-state index contributed by atoms with van der Waals surface area (Å²) < 4.78 is 2.43. The van der Waals surface area contributed by atoms with E-state index in [2.05, 4.69) is 241 Å². The molecule has 1 heterocycles. The number of hydrogen-bond acceptors (Lipinski definition) is 1. The first kappa shape index (κ1) is 34.8. The summed E-state index contributed by atoms with van der Waals surface area (Å²) in [6.45, 7) is 2.41. The summed E-state index contributed by atoms with van der Waals surface area (Å²) >= 11 is 0. The van der Waals surface area contributed by atoms with Crippen LogP contribution in [0.1, 0.15) is 18.9 Å². The van der Waals surface area contributed by atoms with Gasteiger partial charge in [-0.2, -0.15) is 0 Å². The van der Waals surface area contributed by atoms with Crippen molar-refractivity contribution in [3.05, 3.63) is 230 Å². The van der Waals surface area contributed by atoms with Gasteiger partial charge in [0.1, 0.15) is 0 Å². The standard InChI is InChI=1S/C57H42N2/c1-57(59(54-28-14-13-26-50(54)41-19-7-3-8-20-41)47-33-34-49-44(37-47)31-30-42-21-11-12-25-48(42)49)36-16-22-45(39-57)51-27-15-29-55-56(51)52-38-43(40-17-5-2-6-18-40)32-35-53(52)58(55)46-23-9-4-10-24-46/h2-38H,39H2,1H3. The molecule has 0 spiro atoms. The third kappa shape index (κ3) is 5.96. The van der Waals surface area contributed by atoms with Gasteiger partial charge < -0.3 is 9.47 Å². The Balaban J connectivity index is 1.10. The molecule has 0 saturated carbocycles. The maximum absolute atomic E-state index is 2.59. The van der Waals surface area contributed by atoms with Crippen LogP contribution in [0, 0.1) is 0 Å². The van der Waals surface area contributed by atoms with Crippen molar-refractivity contribution in [2.24, 2.45) is 0 Å². The predicted octanol–water partition coefficient (Wildman–Crippen LogP) is 15.4. The van der Waals surface area contributed by atoms with Crippen LogP contribution in [0.2, 0.25) is 0 Å². The fourth-order valence-corrected chi connectivity index (χ4v) is 9.60. The smallest absolute Gasteiger partial charge is 0.0649 e. The normalized spacial score (nSPS) is 15.2. The maximum atomic E-state index is 2.59. The van der Waals surface area contributed by atoms with Gasteiger partial charge in [0.2, 0.25) is 0 Å². The van der Waals surface area contributed by atoms with Gasteiger partial charge in [0.05, 0.1) is 16.6 Å². The molecular formula is C57H42N2. The molecule has 1 aliphatic rings. The molecule has 0 N–H and O–H groups in total. The van der Waals surface area contributed by atoms with Crippen LogP contribution in [-0.2, 0) is 0 Å². The van der Waals surface area contributed by atoms with Gasteiger partial charge in [0, 0.05) is 33.4 Å². The van der Waals surface area contributed by atoms with Crippen LogP contribution in [0.3, 0.4) is 0 Å². The SMILES string of the molecule is CC1(N(c2ccc3c(ccc4ccccc43)c2)c2ccccc2-c2ccccc2)C=CC=C(c2cccc3c2c2cc(-c4ccccc4)ccc2n3-c2ccccc2)C1. The van der Waals surface area contributed by atoms with E-state index in [0.29, 0.717) is 0 Å². The topological polar surface area (TPSA) is 8.17 Å². The van der Waals surface area contributed by atoms with Gasteiger partial charge in [0.15, 0.2) is 0 Å². The first-order valence-electron chi connectivity index (χ1n) is 20.6. The second kappa shape index (κ2) is 14.2. The van der Waals surface area contributed by atoms with Crippen molar-refractivity contribution in [1.29, 1.82) is 0 Å². The monoisotopic (exact) mass is 754 g/mol. The highest BCUT2D eigenvalue weighted by Gasteiger charge is 2.36. The van der Waals surface area contributed by atoms with Crippen molar-refractivity contribution in [2.75, 3.05) is 4.90 Å². The van der Waals surface area contributed by atoms with Gasteiger partial charge in [0.25, 0.3) is 0 Å². The summed E-state index contributed by atoms with van der Waals surface area (Å²) in [6.07, 6.45) is 7.84. The minimum Gasteiger partial charge on any atom is -0.331 e. The molecule has 2 heteroatoms. The Labute approximate surface area is 345 Å². The zero-order chi connectivity index (χ0) is 39.3. The van der Waals surface area contributed by atoms with E-state index in [-0.39, 0.29) is 0 Å². The number of para-hydroxylation sites is 2. The highest BCUT2D eigenvalue weighted by atomic mass is 15.2. The molecule has 280 valence electrons. The molecule has 1 aliphatic carbocycles. The number of anilines is 2. The third-order valence-electron chi connectivity index (χ3n) is 12.3. The lowest BCUT2D eigenvalue weighted by Crippen LogP contribution is -2.43. The van der Waals surface area contributed by atoms with Crippen LogP contribution in [0.4, 0.5) is 11.4 Å². The lowest BCUT2D eigenvalue weighted by atomic mass is 9.81. The molecule has 0 amide bonds. The number of aromatic nitrogens is 1. The third-order valence-corrected chi connectivity index (χ3v) is 12.3. The van der Waals surface area contributed by atoms with E-state index in [9.17, 15) is 0 Å². The van der Waals surface area contributed by atoms with E-state index in [1.165, 1.54) is 82.4 Å². The maximum Gasteiger partial charge on any atom is 0.0649 e. The largest absolute Gasteiger partial charge is 0.331 e. The van der Waals surface area contributed by atoms with E-state index in [1.807, 2.05) is 0 Å². The van der Waals surface area contributed by atoms with Crippen molar-refractivity contribution in [3.8, 4) is 27.9 Å². The Morgan fingerprint density at radius 3 is 1.98 bits per heavy atom. The first-order valence-corrected chi connectivity index (χ1v) is 20.6. The van der Waals surface area contributed by atoms with Crippen molar-refractivity contribution in [2.45, 2.75) is 18.9 Å². The molecule has 0 aliphatic heterocycles. The van der Waals surface area contributed by atoms with Gasteiger partial charge >= 0.3 is 0 Å². The second-order valence-corrected chi connectivity index (χ2v) is 16.0. The Kier molecular flexibility index (Phi) is 8.37. The molecule has 0 bridgehead atoms. The summed E-state index contributed by atoms with van der Waals surface area (Å²) in [6, 6.07) is 75.3. The molecule has 59 heavy (non-hydrogen) atoms. The van der Waals surface area contributed by atoms with Crippen molar-refractivity contribution in [1.82, 2.24) is 4.57 Å². The number of hydrogen-bond donors (Lipinski definition) is 0. The number of nitrogens with zero attached hydrogens (tertiary/aromatic N) is 2. The summed E-state index contributed by atoms with van der Waals surface area (Å²) in [7, 11) is 0. The summed E-state index contributed by atoms with van der Waals surface area (Å²) in [5.74, 6) is 0. The molecular weight excluding hydrogens is 713 g/mol. The molecule has 2 nitrogen and oxygen atoms in total. The van der Waals surface area contributed by atoms with Crippen LogP contribution in [-0.4, -0.2) is 10.1 Å². The number of fused-ring (bicyclic) bond motifs is 6. The highest BCUT2D eigenvalue weighted by Crippen LogP contribution is 2.48. The molecule has 9 aromatic carbocycles. The Bertz CT molecular complexity index is 3250. The number of allylic oxidation sites excluding steroid dienone is 2. The summed E-state index contributed by atoms with van der Waals surface area (Å²) in [4.78, 5) is 2.59. The zero-order valence-corrected chi connectivity index (χ0v) is 33.0. The Morgan fingerprint density at radius 1 is 0.475 bits per heavy atom. The van der Waals surface area contributed by atoms with Gasteiger partial charge in [-0.05, 0) is 111 Å². The van der Waals surface area contributed by atoms with Crippen molar-refractivity contribution >= 4 is 60.3 Å². The van der Waals surface area contributed by atoms with E-state index in [1.54, 1.807) is 0 Å². The fourth-order valence-electron chi connectivity index (χ4n) is 9.60. The number of rotatable bonds is 7. The van der Waals surface area contributed by atoms with E-state index in [4.69, 9.17) is 0 Å². The molecule has 1 unspecified atom stereocenters. The van der Waals surface area contributed by atoms with Gasteiger partial charge in [-0.15, -0.1) is 0 Å². The average Bonchev–Trinajstić information content (AvgIpc) is 3.64. The van der Waals surface area contributed by atoms with E-state index in [0.717, 1.165) is 17.8 Å². The zero-order valence-electron chi connectivity index (χ0n) is 33.0. The van der Waals surface area contributed by atoms with Crippen LogP contribution in [0.5, 0.6) is 0 Å². The first-order chi connectivity index (χ1) is 29.1. The lowest BCUT2D eigenvalue weighted by molar-refractivity contribution is 0.579. The summed E-state index contributed by atoms with van der Waals surface area (Å²) in [5.41, 5.74) is 12.9. The Hall–Kier alpha value is -7.42. The van der Waals surface area contributed by atoms with Gasteiger partial charge in [-0.1, -0.05) is 176 Å². The van der Waals surface area contributed by atoms with E-state index < -0.39 is 5.54 Å². The minimum atomic E-state index is -0.422. The molecule has 1 aromatic heterocycles. The molecule has 0 radical (unpaired) electrons. The quantitative estimate of drug-likeness (QED) is 0.147. The van der Waals surface area contributed by atoms with Gasteiger partial charge in [-0.3, -0.25) is 0 Å². The van der Waals surface area contributed by atoms with Gasteiger partial charge in [-0.25, -0.2) is 0 Å². The molecule has 0 saturated heterocycles. The van der Waals surface area contributed by atoms with Crippen LogP contribution < -0.4 is 4.90 Å².